The summed E-state index contributed by atoms with van der Waals surface area (Å²) < 4.78 is 19.0. The molecule has 0 aliphatic carbocycles. The third-order valence-electron chi connectivity index (χ3n) is 3.46. The summed E-state index contributed by atoms with van der Waals surface area (Å²) in [6, 6.07) is 9.50. The Balaban J connectivity index is 1.99. The number of ketones is 1. The molecule has 20 heavy (non-hydrogen) atoms. The molecule has 2 aromatic rings. The number of carbonyl (C=O) groups excluding carboxylic acids is 1. The van der Waals surface area contributed by atoms with Crippen LogP contribution in [0.3, 0.4) is 0 Å². The van der Waals surface area contributed by atoms with Gasteiger partial charge in [0.05, 0.1) is 12.0 Å². The number of rotatable bonds is 1. The Morgan fingerprint density at radius 3 is 2.80 bits per heavy atom. The van der Waals surface area contributed by atoms with Crippen LogP contribution in [0, 0.1) is 12.7 Å². The van der Waals surface area contributed by atoms with Crippen molar-refractivity contribution in [1.29, 1.82) is 0 Å². The van der Waals surface area contributed by atoms with Gasteiger partial charge in [-0.3, -0.25) is 4.79 Å². The van der Waals surface area contributed by atoms with Crippen LogP contribution in [0.5, 0.6) is 5.75 Å². The first-order chi connectivity index (χ1) is 9.54. The maximum Gasteiger partial charge on any atom is 0.170 e. The van der Waals surface area contributed by atoms with Crippen LogP contribution in [-0.4, -0.2) is 5.78 Å². The van der Waals surface area contributed by atoms with E-state index in [0.29, 0.717) is 16.3 Å². The van der Waals surface area contributed by atoms with Gasteiger partial charge in [-0.05, 0) is 48.4 Å². The zero-order valence-corrected chi connectivity index (χ0v) is 11.6. The van der Waals surface area contributed by atoms with E-state index in [1.165, 1.54) is 12.1 Å². The van der Waals surface area contributed by atoms with Crippen LogP contribution < -0.4 is 4.74 Å². The molecule has 4 heteroatoms. The molecule has 0 bridgehead atoms. The Morgan fingerprint density at radius 1 is 1.25 bits per heavy atom. The van der Waals surface area contributed by atoms with E-state index in [1.54, 1.807) is 24.3 Å². The number of halogens is 2. The maximum absolute atomic E-state index is 13.2. The van der Waals surface area contributed by atoms with Crippen molar-refractivity contribution in [3.8, 4) is 5.75 Å². The van der Waals surface area contributed by atoms with Gasteiger partial charge in [0, 0.05) is 5.02 Å². The Kier molecular flexibility index (Phi) is 3.22. The van der Waals surface area contributed by atoms with Gasteiger partial charge >= 0.3 is 0 Å². The van der Waals surface area contributed by atoms with Crippen molar-refractivity contribution in [2.24, 2.45) is 0 Å². The molecule has 0 amide bonds. The minimum Gasteiger partial charge on any atom is -0.484 e. The molecule has 3 rings (SSSR count). The first-order valence-corrected chi connectivity index (χ1v) is 6.68. The van der Waals surface area contributed by atoms with Crippen molar-refractivity contribution in [3.05, 3.63) is 63.9 Å². The lowest BCUT2D eigenvalue weighted by Crippen LogP contribution is -2.21. The molecule has 0 N–H and O–H groups in total. The van der Waals surface area contributed by atoms with E-state index in [2.05, 4.69) is 0 Å². The van der Waals surface area contributed by atoms with Crippen LogP contribution in [0.25, 0.3) is 0 Å². The van der Waals surface area contributed by atoms with Crippen molar-refractivity contribution < 1.29 is 13.9 Å². The first-order valence-electron chi connectivity index (χ1n) is 6.30. The predicted molar refractivity (Wildman–Crippen MR) is 74.9 cm³/mol. The number of hydrogen-bond acceptors (Lipinski definition) is 2. The summed E-state index contributed by atoms with van der Waals surface area (Å²) in [6.45, 7) is 1.81. The largest absolute Gasteiger partial charge is 0.484 e. The van der Waals surface area contributed by atoms with Crippen molar-refractivity contribution in [3.63, 3.8) is 0 Å². The number of benzene rings is 2. The third-order valence-corrected chi connectivity index (χ3v) is 3.70. The summed E-state index contributed by atoms with van der Waals surface area (Å²) in [7, 11) is 0. The minimum atomic E-state index is -0.378. The Bertz CT molecular complexity index is 697. The van der Waals surface area contributed by atoms with Gasteiger partial charge in [-0.1, -0.05) is 17.7 Å². The number of ether oxygens (including phenoxy) is 1. The third kappa shape index (κ3) is 2.29. The zero-order chi connectivity index (χ0) is 14.3. The predicted octanol–water partition coefficient (Wildman–Crippen LogP) is 4.49. The molecule has 0 saturated heterocycles. The summed E-state index contributed by atoms with van der Waals surface area (Å²) in [4.78, 5) is 12.2. The molecule has 0 aromatic heterocycles. The molecular formula is C16H12ClFO2. The van der Waals surface area contributed by atoms with Crippen LogP contribution in [0.4, 0.5) is 4.39 Å². The molecule has 1 heterocycles. The van der Waals surface area contributed by atoms with E-state index in [1.807, 2.05) is 6.92 Å². The van der Waals surface area contributed by atoms with E-state index < -0.39 is 0 Å². The van der Waals surface area contributed by atoms with Gasteiger partial charge < -0.3 is 4.74 Å². The quantitative estimate of drug-likeness (QED) is 0.773. The molecule has 102 valence electrons. The minimum absolute atomic E-state index is 0.0116. The molecule has 1 aliphatic heterocycles. The van der Waals surface area contributed by atoms with E-state index in [9.17, 15) is 9.18 Å². The number of fused-ring (bicyclic) bond motifs is 1. The van der Waals surface area contributed by atoms with E-state index in [4.69, 9.17) is 16.3 Å². The van der Waals surface area contributed by atoms with Gasteiger partial charge in [-0.15, -0.1) is 0 Å². The molecule has 2 aromatic carbocycles. The van der Waals surface area contributed by atoms with Crippen LogP contribution in [-0.2, 0) is 0 Å². The van der Waals surface area contributed by atoms with E-state index in [0.717, 1.165) is 11.1 Å². The highest BCUT2D eigenvalue weighted by molar-refractivity contribution is 6.31. The van der Waals surface area contributed by atoms with E-state index in [-0.39, 0.29) is 24.1 Å². The molecule has 2 nitrogen and oxygen atoms in total. The summed E-state index contributed by atoms with van der Waals surface area (Å²) in [5.41, 5.74) is 2.12. The van der Waals surface area contributed by atoms with Crippen molar-refractivity contribution >= 4 is 17.4 Å². The van der Waals surface area contributed by atoms with Crippen LogP contribution in [0.1, 0.15) is 34.0 Å². The molecular weight excluding hydrogens is 279 g/mol. The average Bonchev–Trinajstić information content (AvgIpc) is 2.39. The summed E-state index contributed by atoms with van der Waals surface area (Å²) in [6.07, 6.45) is -0.142. The van der Waals surface area contributed by atoms with E-state index >= 15 is 0 Å². The van der Waals surface area contributed by atoms with Crippen LogP contribution in [0.2, 0.25) is 5.02 Å². The Labute approximate surface area is 121 Å². The second-order valence-corrected chi connectivity index (χ2v) is 5.31. The van der Waals surface area contributed by atoms with Gasteiger partial charge in [-0.25, -0.2) is 4.39 Å². The molecule has 0 fully saturated rings. The molecule has 1 atom stereocenters. The maximum atomic E-state index is 13.2. The number of carbonyl (C=O) groups is 1. The first kappa shape index (κ1) is 13.1. The number of aryl methyl sites for hydroxylation is 1. The lowest BCUT2D eigenvalue weighted by atomic mass is 9.94. The highest BCUT2D eigenvalue weighted by Gasteiger charge is 2.28. The topological polar surface area (TPSA) is 26.3 Å². The lowest BCUT2D eigenvalue weighted by Gasteiger charge is -2.26. The SMILES string of the molecule is Cc1cc(F)ccc1C1CC(=O)c2cc(Cl)ccc2O1. The summed E-state index contributed by atoms with van der Waals surface area (Å²) in [5.74, 6) is 0.224. The van der Waals surface area contributed by atoms with Gasteiger partial charge in [0.2, 0.25) is 0 Å². The fourth-order valence-electron chi connectivity index (χ4n) is 2.47. The van der Waals surface area contributed by atoms with Crippen molar-refractivity contribution in [2.75, 3.05) is 0 Å². The van der Waals surface area contributed by atoms with Crippen molar-refractivity contribution in [2.45, 2.75) is 19.4 Å². The highest BCUT2D eigenvalue weighted by Crippen LogP contribution is 2.37. The van der Waals surface area contributed by atoms with Gasteiger partial charge in [0.15, 0.2) is 5.78 Å². The summed E-state index contributed by atoms with van der Waals surface area (Å²) in [5, 5.41) is 0.511. The second-order valence-electron chi connectivity index (χ2n) is 4.88. The van der Waals surface area contributed by atoms with Gasteiger partial charge in [-0.2, -0.15) is 0 Å². The molecule has 0 radical (unpaired) electrons. The Morgan fingerprint density at radius 2 is 2.05 bits per heavy atom. The fraction of sp³-hybridized carbons (Fsp3) is 0.188. The molecule has 0 spiro atoms. The number of Topliss-reactive ketones (excluding diaryl/α,β-unsaturated/α-hetero) is 1. The molecule has 1 unspecified atom stereocenters. The Hall–Kier alpha value is -1.87. The van der Waals surface area contributed by atoms with Crippen LogP contribution >= 0.6 is 11.6 Å². The van der Waals surface area contributed by atoms with Crippen LogP contribution in [0.15, 0.2) is 36.4 Å². The monoisotopic (exact) mass is 290 g/mol. The molecule has 1 aliphatic rings. The van der Waals surface area contributed by atoms with Crippen molar-refractivity contribution in [1.82, 2.24) is 0 Å². The van der Waals surface area contributed by atoms with Gasteiger partial charge in [0.25, 0.3) is 0 Å². The normalized spacial score (nSPS) is 17.6. The standard InChI is InChI=1S/C16H12ClFO2/c1-9-6-11(18)3-4-12(9)16-8-14(19)13-7-10(17)2-5-15(13)20-16/h2-7,16H,8H2,1H3. The second kappa shape index (κ2) is 4.91. The average molecular weight is 291 g/mol. The fourth-order valence-corrected chi connectivity index (χ4v) is 2.64. The number of hydrogen-bond donors (Lipinski definition) is 0. The van der Waals surface area contributed by atoms with Gasteiger partial charge in [0.1, 0.15) is 17.7 Å². The lowest BCUT2D eigenvalue weighted by molar-refractivity contribution is 0.0849. The highest BCUT2D eigenvalue weighted by atomic mass is 35.5. The molecule has 0 saturated carbocycles. The smallest absolute Gasteiger partial charge is 0.170 e. The summed E-state index contributed by atoms with van der Waals surface area (Å²) >= 11 is 5.89. The zero-order valence-electron chi connectivity index (χ0n) is 10.8.